The maximum absolute atomic E-state index is 12.8. The van der Waals surface area contributed by atoms with E-state index >= 15 is 0 Å². The third kappa shape index (κ3) is 3.83. The summed E-state index contributed by atoms with van der Waals surface area (Å²) in [4.78, 5) is 11.1. The van der Waals surface area contributed by atoms with Gasteiger partial charge in [-0.3, -0.25) is 4.31 Å². The number of carboxylic acid groups (broad SMARTS) is 1. The zero-order chi connectivity index (χ0) is 17.3. The van der Waals surface area contributed by atoms with Crippen molar-refractivity contribution in [3.8, 4) is 0 Å². The number of carbonyl (C=O) groups is 1. The molecule has 0 spiro atoms. The number of carboxylic acids is 1. The molecule has 1 aromatic carbocycles. The minimum Gasteiger partial charge on any atom is -0.480 e. The summed E-state index contributed by atoms with van der Waals surface area (Å²) in [5, 5.41) is 8.73. The van der Waals surface area contributed by atoms with Crippen LogP contribution in [0.1, 0.15) is 19.4 Å². The summed E-state index contributed by atoms with van der Waals surface area (Å²) >= 11 is 5.79. The fourth-order valence-electron chi connectivity index (χ4n) is 1.70. The zero-order valence-electron chi connectivity index (χ0n) is 11.6. The van der Waals surface area contributed by atoms with E-state index < -0.39 is 45.2 Å². The number of benzene rings is 1. The van der Waals surface area contributed by atoms with Gasteiger partial charge in [0, 0.05) is 0 Å². The van der Waals surface area contributed by atoms with Gasteiger partial charge in [0.25, 0.3) is 0 Å². The first-order valence-corrected chi connectivity index (χ1v) is 8.02. The van der Waals surface area contributed by atoms with Crippen LogP contribution in [0.5, 0.6) is 0 Å². The van der Waals surface area contributed by atoms with Crippen LogP contribution in [0.15, 0.2) is 18.2 Å². The van der Waals surface area contributed by atoms with Gasteiger partial charge in [-0.05, 0) is 32.0 Å². The summed E-state index contributed by atoms with van der Waals surface area (Å²) < 4.78 is 62.9. The fraction of sp³-hybridized carbons (Fsp3) is 0.417. The topological polar surface area (TPSA) is 74.7 Å². The summed E-state index contributed by atoms with van der Waals surface area (Å²) in [5.74, 6) is -2.00. The number of anilines is 1. The summed E-state index contributed by atoms with van der Waals surface area (Å²) in [6.45, 7) is 2.30. The lowest BCUT2D eigenvalue weighted by molar-refractivity contribution is -0.138. The van der Waals surface area contributed by atoms with Crippen LogP contribution >= 0.6 is 11.6 Å². The van der Waals surface area contributed by atoms with Crippen LogP contribution in [0.4, 0.5) is 18.9 Å². The van der Waals surface area contributed by atoms with Crippen molar-refractivity contribution >= 4 is 33.3 Å². The summed E-state index contributed by atoms with van der Waals surface area (Å²) in [5.41, 5.74) is -1.64. The first-order valence-electron chi connectivity index (χ1n) is 6.03. The first-order chi connectivity index (χ1) is 9.91. The van der Waals surface area contributed by atoms with Crippen LogP contribution in [-0.4, -0.2) is 31.3 Å². The highest BCUT2D eigenvalue weighted by Gasteiger charge is 2.36. The molecule has 1 unspecified atom stereocenters. The quantitative estimate of drug-likeness (QED) is 0.877. The average Bonchev–Trinajstić information content (AvgIpc) is 2.39. The van der Waals surface area contributed by atoms with E-state index in [9.17, 15) is 26.4 Å². The van der Waals surface area contributed by atoms with E-state index in [2.05, 4.69) is 0 Å². The SMILES string of the molecule is CCS(=O)(=O)N(c1cc(C(F)(F)F)ccc1Cl)C(C)C(=O)O. The van der Waals surface area contributed by atoms with Crippen LogP contribution in [0, 0.1) is 0 Å². The highest BCUT2D eigenvalue weighted by atomic mass is 35.5. The van der Waals surface area contributed by atoms with Gasteiger partial charge in [0.05, 0.1) is 22.0 Å². The number of halogens is 4. The van der Waals surface area contributed by atoms with E-state index in [-0.39, 0.29) is 5.02 Å². The van der Waals surface area contributed by atoms with Gasteiger partial charge >= 0.3 is 12.1 Å². The zero-order valence-corrected chi connectivity index (χ0v) is 13.1. The van der Waals surface area contributed by atoms with Crippen molar-refractivity contribution in [3.63, 3.8) is 0 Å². The second-order valence-electron chi connectivity index (χ2n) is 4.37. The molecule has 0 saturated heterocycles. The van der Waals surface area contributed by atoms with Crippen LogP contribution in [-0.2, 0) is 21.0 Å². The maximum Gasteiger partial charge on any atom is 0.416 e. The Labute approximate surface area is 130 Å². The molecule has 124 valence electrons. The predicted octanol–water partition coefficient (Wildman–Crippen LogP) is 2.99. The molecule has 0 aliphatic carbocycles. The number of hydrogen-bond acceptors (Lipinski definition) is 3. The van der Waals surface area contributed by atoms with Crippen LogP contribution in [0.2, 0.25) is 5.02 Å². The molecule has 0 bridgehead atoms. The third-order valence-corrected chi connectivity index (χ3v) is 5.05. The summed E-state index contributed by atoms with van der Waals surface area (Å²) in [7, 11) is -4.14. The molecule has 10 heteroatoms. The lowest BCUT2D eigenvalue weighted by atomic mass is 10.2. The molecule has 1 rings (SSSR count). The molecular weight excluding hydrogens is 347 g/mol. The van der Waals surface area contributed by atoms with Crippen molar-refractivity contribution in [1.29, 1.82) is 0 Å². The Kier molecular flexibility index (Phi) is 5.34. The number of nitrogens with zero attached hydrogens (tertiary/aromatic N) is 1. The first kappa shape index (κ1) is 18.6. The van der Waals surface area contributed by atoms with Crippen molar-refractivity contribution in [2.24, 2.45) is 0 Å². The second-order valence-corrected chi connectivity index (χ2v) is 6.92. The Morgan fingerprint density at radius 1 is 1.41 bits per heavy atom. The average molecular weight is 360 g/mol. The van der Waals surface area contributed by atoms with E-state index in [1.807, 2.05) is 0 Å². The highest BCUT2D eigenvalue weighted by molar-refractivity contribution is 7.92. The molecule has 0 fully saturated rings. The third-order valence-electron chi connectivity index (χ3n) is 2.88. The monoisotopic (exact) mass is 359 g/mol. The van der Waals surface area contributed by atoms with E-state index in [0.29, 0.717) is 16.4 Å². The van der Waals surface area contributed by atoms with Crippen molar-refractivity contribution < 1.29 is 31.5 Å². The molecule has 0 aromatic heterocycles. The molecule has 0 aliphatic rings. The number of sulfonamides is 1. The molecule has 0 saturated carbocycles. The largest absolute Gasteiger partial charge is 0.480 e. The summed E-state index contributed by atoms with van der Waals surface area (Å²) in [6, 6.07) is 0.487. The van der Waals surface area contributed by atoms with Crippen molar-refractivity contribution in [3.05, 3.63) is 28.8 Å². The molecule has 0 amide bonds. The minimum absolute atomic E-state index is 0.293. The van der Waals surface area contributed by atoms with Gasteiger partial charge < -0.3 is 5.11 Å². The van der Waals surface area contributed by atoms with Gasteiger partial charge in [-0.1, -0.05) is 11.6 Å². The maximum atomic E-state index is 12.8. The number of hydrogen-bond donors (Lipinski definition) is 1. The molecular formula is C12H13ClF3NO4S. The lowest BCUT2D eigenvalue weighted by Crippen LogP contribution is -2.44. The van der Waals surface area contributed by atoms with Gasteiger partial charge in [-0.2, -0.15) is 13.2 Å². The van der Waals surface area contributed by atoms with E-state index in [1.165, 1.54) is 6.92 Å². The Morgan fingerprint density at radius 3 is 2.36 bits per heavy atom. The number of aliphatic carboxylic acids is 1. The van der Waals surface area contributed by atoms with E-state index in [0.717, 1.165) is 13.0 Å². The van der Waals surface area contributed by atoms with Gasteiger partial charge in [0.15, 0.2) is 0 Å². The van der Waals surface area contributed by atoms with Crippen molar-refractivity contribution in [1.82, 2.24) is 0 Å². The Morgan fingerprint density at radius 2 is 1.95 bits per heavy atom. The van der Waals surface area contributed by atoms with Gasteiger partial charge in [-0.25, -0.2) is 13.2 Å². The Bertz CT molecular complexity index is 675. The smallest absolute Gasteiger partial charge is 0.416 e. The lowest BCUT2D eigenvalue weighted by Gasteiger charge is -2.28. The van der Waals surface area contributed by atoms with Crippen LogP contribution in [0.3, 0.4) is 0 Å². The number of alkyl halides is 3. The van der Waals surface area contributed by atoms with Gasteiger partial charge in [0.2, 0.25) is 10.0 Å². The molecule has 5 nitrogen and oxygen atoms in total. The molecule has 1 atom stereocenters. The van der Waals surface area contributed by atoms with Gasteiger partial charge in [0.1, 0.15) is 6.04 Å². The van der Waals surface area contributed by atoms with Crippen molar-refractivity contribution in [2.45, 2.75) is 26.1 Å². The molecule has 1 N–H and O–H groups in total. The predicted molar refractivity (Wildman–Crippen MR) is 75.5 cm³/mol. The second kappa shape index (κ2) is 6.33. The van der Waals surface area contributed by atoms with Crippen LogP contribution < -0.4 is 4.31 Å². The molecule has 22 heavy (non-hydrogen) atoms. The van der Waals surface area contributed by atoms with E-state index in [4.69, 9.17) is 16.7 Å². The van der Waals surface area contributed by atoms with Gasteiger partial charge in [-0.15, -0.1) is 0 Å². The number of rotatable bonds is 5. The van der Waals surface area contributed by atoms with E-state index in [1.54, 1.807) is 0 Å². The molecule has 0 radical (unpaired) electrons. The fourth-order valence-corrected chi connectivity index (χ4v) is 3.26. The van der Waals surface area contributed by atoms with Crippen molar-refractivity contribution in [2.75, 3.05) is 10.1 Å². The minimum atomic E-state index is -4.71. The molecule has 1 aromatic rings. The molecule has 0 heterocycles. The highest BCUT2D eigenvalue weighted by Crippen LogP contribution is 2.37. The summed E-state index contributed by atoms with van der Waals surface area (Å²) in [6.07, 6.45) is -4.71. The Balaban J connectivity index is 3.59. The van der Waals surface area contributed by atoms with Crippen LogP contribution in [0.25, 0.3) is 0 Å². The normalized spacial score (nSPS) is 13.7. The standard InChI is InChI=1S/C12H13ClF3NO4S/c1-3-22(20,21)17(7(2)11(18)19)10-6-8(12(14,15)16)4-5-9(10)13/h4-7H,3H2,1-2H3,(H,18,19). The molecule has 0 aliphatic heterocycles. The Hall–Kier alpha value is -1.48.